The van der Waals surface area contributed by atoms with E-state index in [1.807, 2.05) is 48.5 Å². The molecule has 29 heavy (non-hydrogen) atoms. The molecule has 0 unspecified atom stereocenters. The second-order valence-electron chi connectivity index (χ2n) is 8.30. The molecule has 150 valence electrons. The van der Waals surface area contributed by atoms with Crippen molar-refractivity contribution in [1.82, 2.24) is 0 Å². The van der Waals surface area contributed by atoms with Crippen molar-refractivity contribution in [2.24, 2.45) is 0 Å². The van der Waals surface area contributed by atoms with Gasteiger partial charge in [-0.2, -0.15) is 0 Å². The lowest BCUT2D eigenvalue weighted by molar-refractivity contribution is -0.116. The Labute approximate surface area is 173 Å². The van der Waals surface area contributed by atoms with E-state index in [4.69, 9.17) is 4.74 Å². The van der Waals surface area contributed by atoms with E-state index in [1.54, 1.807) is 7.11 Å². The number of methoxy groups -OCH3 is 1. The molecule has 3 rings (SSSR count). The van der Waals surface area contributed by atoms with E-state index < -0.39 is 0 Å². The Balaban J connectivity index is 1.55. The quantitative estimate of drug-likeness (QED) is 0.544. The summed E-state index contributed by atoms with van der Waals surface area (Å²) in [6.45, 7) is 6.61. The molecule has 0 saturated carbocycles. The average Bonchev–Trinajstić information content (AvgIpc) is 2.72. The van der Waals surface area contributed by atoms with Crippen LogP contribution in [0.1, 0.15) is 38.3 Å². The molecule has 3 heteroatoms. The molecule has 0 aliphatic carbocycles. The molecule has 0 aliphatic heterocycles. The lowest BCUT2D eigenvalue weighted by atomic mass is 9.86. The molecular formula is C26H29NO2. The maximum atomic E-state index is 12.3. The number of carbonyl (C=O) groups excluding carboxylic acids is 1. The molecule has 0 heterocycles. The van der Waals surface area contributed by atoms with Crippen LogP contribution >= 0.6 is 0 Å². The minimum atomic E-state index is 0.0269. The second kappa shape index (κ2) is 8.95. The highest BCUT2D eigenvalue weighted by molar-refractivity contribution is 5.91. The SMILES string of the molecule is COc1cccc(-c2ccc(NC(=O)CCc3ccc(C(C)(C)C)cc3)cc2)c1. The molecule has 0 spiro atoms. The average molecular weight is 388 g/mol. The molecule has 0 aromatic heterocycles. The number of aryl methyl sites for hydroxylation is 1. The van der Waals surface area contributed by atoms with Crippen molar-refractivity contribution in [2.45, 2.75) is 39.0 Å². The van der Waals surface area contributed by atoms with Crippen molar-refractivity contribution in [1.29, 1.82) is 0 Å². The van der Waals surface area contributed by atoms with Crippen LogP contribution in [0.15, 0.2) is 72.8 Å². The molecular weight excluding hydrogens is 358 g/mol. The molecule has 1 amide bonds. The van der Waals surface area contributed by atoms with E-state index in [0.717, 1.165) is 29.0 Å². The van der Waals surface area contributed by atoms with Gasteiger partial charge in [0.25, 0.3) is 0 Å². The standard InChI is InChI=1S/C26H29NO2/c1-26(2,3)22-13-8-19(9-14-22)10-17-25(28)27-23-15-11-20(12-16-23)21-6-5-7-24(18-21)29-4/h5-9,11-16,18H,10,17H2,1-4H3,(H,27,28). The molecule has 0 bridgehead atoms. The van der Waals surface area contributed by atoms with Crippen LogP contribution in [-0.2, 0) is 16.6 Å². The highest BCUT2D eigenvalue weighted by Gasteiger charge is 2.13. The van der Waals surface area contributed by atoms with Gasteiger partial charge in [-0.05, 0) is 58.4 Å². The molecule has 3 aromatic carbocycles. The van der Waals surface area contributed by atoms with Crippen molar-refractivity contribution < 1.29 is 9.53 Å². The first-order valence-corrected chi connectivity index (χ1v) is 9.99. The van der Waals surface area contributed by atoms with Gasteiger partial charge >= 0.3 is 0 Å². The minimum absolute atomic E-state index is 0.0269. The zero-order valence-corrected chi connectivity index (χ0v) is 17.7. The predicted octanol–water partition coefficient (Wildman–Crippen LogP) is 6.23. The van der Waals surface area contributed by atoms with E-state index >= 15 is 0 Å². The molecule has 0 atom stereocenters. The smallest absolute Gasteiger partial charge is 0.224 e. The fourth-order valence-corrected chi connectivity index (χ4v) is 3.20. The highest BCUT2D eigenvalue weighted by Crippen LogP contribution is 2.25. The van der Waals surface area contributed by atoms with Crippen molar-refractivity contribution in [3.63, 3.8) is 0 Å². The summed E-state index contributed by atoms with van der Waals surface area (Å²) in [5, 5.41) is 2.99. The van der Waals surface area contributed by atoms with Gasteiger partial charge < -0.3 is 10.1 Å². The predicted molar refractivity (Wildman–Crippen MR) is 121 cm³/mol. The number of ether oxygens (including phenoxy) is 1. The molecule has 0 radical (unpaired) electrons. The zero-order valence-electron chi connectivity index (χ0n) is 17.7. The first kappa shape index (κ1) is 20.7. The summed E-state index contributed by atoms with van der Waals surface area (Å²) in [6.07, 6.45) is 1.20. The van der Waals surface area contributed by atoms with Crippen LogP contribution < -0.4 is 10.1 Å². The maximum Gasteiger partial charge on any atom is 0.224 e. The second-order valence-corrected chi connectivity index (χ2v) is 8.30. The van der Waals surface area contributed by atoms with Gasteiger partial charge in [0, 0.05) is 12.1 Å². The fraction of sp³-hybridized carbons (Fsp3) is 0.269. The lowest BCUT2D eigenvalue weighted by Gasteiger charge is -2.19. The topological polar surface area (TPSA) is 38.3 Å². The van der Waals surface area contributed by atoms with Crippen molar-refractivity contribution in [3.05, 3.63) is 83.9 Å². The van der Waals surface area contributed by atoms with Crippen LogP contribution in [-0.4, -0.2) is 13.0 Å². The third-order valence-electron chi connectivity index (χ3n) is 5.03. The molecule has 0 saturated heterocycles. The number of carbonyl (C=O) groups is 1. The van der Waals surface area contributed by atoms with Crippen LogP contribution in [0.5, 0.6) is 5.75 Å². The summed E-state index contributed by atoms with van der Waals surface area (Å²) >= 11 is 0. The molecule has 0 fully saturated rings. The Hall–Kier alpha value is -3.07. The Morgan fingerprint density at radius 3 is 2.21 bits per heavy atom. The molecule has 1 N–H and O–H groups in total. The van der Waals surface area contributed by atoms with E-state index in [2.05, 4.69) is 50.4 Å². The van der Waals surface area contributed by atoms with E-state index in [1.165, 1.54) is 11.1 Å². The van der Waals surface area contributed by atoms with E-state index in [-0.39, 0.29) is 11.3 Å². The Kier molecular flexibility index (Phi) is 6.38. The number of amides is 1. The number of anilines is 1. The van der Waals surface area contributed by atoms with Crippen molar-refractivity contribution >= 4 is 11.6 Å². The third kappa shape index (κ3) is 5.71. The van der Waals surface area contributed by atoms with E-state index in [9.17, 15) is 4.79 Å². The van der Waals surface area contributed by atoms with Gasteiger partial charge in [-0.25, -0.2) is 0 Å². The number of hydrogen-bond donors (Lipinski definition) is 1. The van der Waals surface area contributed by atoms with Gasteiger partial charge in [0.2, 0.25) is 5.91 Å². The molecule has 0 aliphatic rings. The third-order valence-corrected chi connectivity index (χ3v) is 5.03. The Morgan fingerprint density at radius 1 is 0.897 bits per heavy atom. The van der Waals surface area contributed by atoms with Crippen LogP contribution in [0.3, 0.4) is 0 Å². The van der Waals surface area contributed by atoms with Crippen LogP contribution in [0, 0.1) is 0 Å². The maximum absolute atomic E-state index is 12.3. The minimum Gasteiger partial charge on any atom is -0.497 e. The lowest BCUT2D eigenvalue weighted by Crippen LogP contribution is -2.13. The van der Waals surface area contributed by atoms with Gasteiger partial charge in [0.05, 0.1) is 7.11 Å². The number of rotatable bonds is 6. The Bertz CT molecular complexity index is 951. The summed E-state index contributed by atoms with van der Waals surface area (Å²) in [7, 11) is 1.66. The summed E-state index contributed by atoms with van der Waals surface area (Å²) < 4.78 is 5.28. The normalized spacial score (nSPS) is 11.2. The van der Waals surface area contributed by atoms with Crippen LogP contribution in [0.25, 0.3) is 11.1 Å². The number of hydrogen-bond acceptors (Lipinski definition) is 2. The van der Waals surface area contributed by atoms with Crippen molar-refractivity contribution in [2.75, 3.05) is 12.4 Å². The zero-order chi connectivity index (χ0) is 20.9. The van der Waals surface area contributed by atoms with Gasteiger partial charge in [0.15, 0.2) is 0 Å². The van der Waals surface area contributed by atoms with Gasteiger partial charge in [-0.15, -0.1) is 0 Å². The monoisotopic (exact) mass is 387 g/mol. The summed E-state index contributed by atoms with van der Waals surface area (Å²) in [5.41, 5.74) is 5.61. The molecule has 3 aromatic rings. The summed E-state index contributed by atoms with van der Waals surface area (Å²) in [5.74, 6) is 0.856. The first-order valence-electron chi connectivity index (χ1n) is 9.99. The van der Waals surface area contributed by atoms with Gasteiger partial charge in [-0.3, -0.25) is 4.79 Å². The van der Waals surface area contributed by atoms with Gasteiger partial charge in [0.1, 0.15) is 5.75 Å². The summed E-state index contributed by atoms with van der Waals surface area (Å²) in [4.78, 5) is 12.3. The first-order chi connectivity index (χ1) is 13.8. The fourth-order valence-electron chi connectivity index (χ4n) is 3.20. The Morgan fingerprint density at radius 2 is 1.59 bits per heavy atom. The number of nitrogens with one attached hydrogen (secondary N) is 1. The van der Waals surface area contributed by atoms with E-state index in [0.29, 0.717) is 6.42 Å². The summed E-state index contributed by atoms with van der Waals surface area (Å²) in [6, 6.07) is 24.4. The van der Waals surface area contributed by atoms with Crippen LogP contribution in [0.2, 0.25) is 0 Å². The van der Waals surface area contributed by atoms with Crippen LogP contribution in [0.4, 0.5) is 5.69 Å². The highest BCUT2D eigenvalue weighted by atomic mass is 16.5. The largest absolute Gasteiger partial charge is 0.497 e. The van der Waals surface area contributed by atoms with Crippen molar-refractivity contribution in [3.8, 4) is 16.9 Å². The number of benzene rings is 3. The molecule has 3 nitrogen and oxygen atoms in total. The van der Waals surface area contributed by atoms with Gasteiger partial charge in [-0.1, -0.05) is 69.3 Å².